The molecule has 0 saturated carbocycles. The second kappa shape index (κ2) is 7.81. The van der Waals surface area contributed by atoms with Crippen LogP contribution in [0, 0.1) is 5.92 Å². The molecule has 1 heterocycles. The van der Waals surface area contributed by atoms with Gasteiger partial charge >= 0.3 is 12.0 Å². The SMILES string of the molecule is CCC1CCCN(C(=O)NC(=O)C(C)=C(C)C(=O)O)CC1. The molecule has 1 rings (SSSR count). The molecule has 1 aliphatic rings. The molecule has 0 aromatic carbocycles. The van der Waals surface area contributed by atoms with Gasteiger partial charge in [0.25, 0.3) is 5.91 Å². The fourth-order valence-corrected chi connectivity index (χ4v) is 2.38. The Hall–Kier alpha value is -1.85. The molecule has 6 heteroatoms. The minimum atomic E-state index is -1.16. The van der Waals surface area contributed by atoms with Crippen LogP contribution in [0.4, 0.5) is 4.79 Å². The third-order valence-electron chi connectivity index (χ3n) is 4.16. The predicted octanol–water partition coefficient (Wildman–Crippen LogP) is 2.16. The number of aliphatic carboxylic acids is 1. The molecule has 6 nitrogen and oxygen atoms in total. The highest BCUT2D eigenvalue weighted by Gasteiger charge is 2.22. The van der Waals surface area contributed by atoms with Gasteiger partial charge in [-0.05, 0) is 39.0 Å². The van der Waals surface area contributed by atoms with Gasteiger partial charge in [0.1, 0.15) is 0 Å². The van der Waals surface area contributed by atoms with E-state index in [4.69, 9.17) is 5.11 Å². The van der Waals surface area contributed by atoms with Crippen molar-refractivity contribution >= 4 is 17.9 Å². The molecule has 1 unspecified atom stereocenters. The zero-order chi connectivity index (χ0) is 16.0. The number of rotatable bonds is 3. The van der Waals surface area contributed by atoms with E-state index in [1.807, 2.05) is 0 Å². The van der Waals surface area contributed by atoms with Crippen LogP contribution < -0.4 is 5.32 Å². The van der Waals surface area contributed by atoms with E-state index in [0.717, 1.165) is 25.7 Å². The van der Waals surface area contributed by atoms with Crippen molar-refractivity contribution in [2.75, 3.05) is 13.1 Å². The standard InChI is InChI=1S/C15H24N2O4/c1-4-12-6-5-8-17(9-7-12)15(21)16-13(18)10(2)11(3)14(19)20/h12H,4-9H2,1-3H3,(H,19,20)(H,16,18,21). The van der Waals surface area contributed by atoms with Gasteiger partial charge in [-0.15, -0.1) is 0 Å². The van der Waals surface area contributed by atoms with Crippen molar-refractivity contribution in [3.8, 4) is 0 Å². The van der Waals surface area contributed by atoms with Gasteiger partial charge in [-0.1, -0.05) is 13.3 Å². The molecular weight excluding hydrogens is 272 g/mol. The monoisotopic (exact) mass is 296 g/mol. The molecule has 1 saturated heterocycles. The highest BCUT2D eigenvalue weighted by Crippen LogP contribution is 2.20. The summed E-state index contributed by atoms with van der Waals surface area (Å²) in [5.74, 6) is -1.17. The average molecular weight is 296 g/mol. The number of hydrogen-bond donors (Lipinski definition) is 2. The van der Waals surface area contributed by atoms with Crippen molar-refractivity contribution in [3.63, 3.8) is 0 Å². The lowest BCUT2D eigenvalue weighted by atomic mass is 9.98. The lowest BCUT2D eigenvalue weighted by Crippen LogP contribution is -2.43. The summed E-state index contributed by atoms with van der Waals surface area (Å²) in [6.07, 6.45) is 4.09. The van der Waals surface area contributed by atoms with Crippen molar-refractivity contribution in [2.45, 2.75) is 46.5 Å². The number of nitrogens with one attached hydrogen (secondary N) is 1. The predicted molar refractivity (Wildman–Crippen MR) is 78.8 cm³/mol. The minimum absolute atomic E-state index is 0.0529. The smallest absolute Gasteiger partial charge is 0.331 e. The largest absolute Gasteiger partial charge is 0.478 e. The van der Waals surface area contributed by atoms with Gasteiger partial charge in [-0.25, -0.2) is 9.59 Å². The number of carbonyl (C=O) groups excluding carboxylic acids is 2. The van der Waals surface area contributed by atoms with E-state index >= 15 is 0 Å². The zero-order valence-electron chi connectivity index (χ0n) is 12.9. The summed E-state index contributed by atoms with van der Waals surface area (Å²) in [5.41, 5.74) is -0.000630. The van der Waals surface area contributed by atoms with Crippen LogP contribution in [0.5, 0.6) is 0 Å². The van der Waals surface area contributed by atoms with E-state index < -0.39 is 17.9 Å². The van der Waals surface area contributed by atoms with Gasteiger partial charge in [0.05, 0.1) is 0 Å². The number of hydrogen-bond acceptors (Lipinski definition) is 3. The van der Waals surface area contributed by atoms with E-state index in [1.165, 1.54) is 13.8 Å². The number of amides is 3. The van der Waals surface area contributed by atoms with Crippen molar-refractivity contribution in [1.82, 2.24) is 10.2 Å². The third kappa shape index (κ3) is 4.88. The summed E-state index contributed by atoms with van der Waals surface area (Å²) in [6, 6.07) is -0.436. The fraction of sp³-hybridized carbons (Fsp3) is 0.667. The molecule has 0 bridgehead atoms. The van der Waals surface area contributed by atoms with Crippen LogP contribution in [0.15, 0.2) is 11.1 Å². The van der Waals surface area contributed by atoms with Gasteiger partial charge in [-0.3, -0.25) is 10.1 Å². The van der Waals surface area contributed by atoms with E-state index in [9.17, 15) is 14.4 Å². The van der Waals surface area contributed by atoms with Crippen LogP contribution in [0.2, 0.25) is 0 Å². The fourth-order valence-electron chi connectivity index (χ4n) is 2.38. The Kier molecular flexibility index (Phi) is 6.39. The molecule has 0 spiro atoms. The molecule has 1 atom stereocenters. The Labute approximate surface area is 125 Å². The molecule has 3 amide bonds. The number of carboxylic acid groups (broad SMARTS) is 1. The number of imide groups is 1. The summed E-state index contributed by atoms with van der Waals surface area (Å²) in [4.78, 5) is 36.4. The number of carbonyl (C=O) groups is 3. The van der Waals surface area contributed by atoms with Crippen LogP contribution in [0.3, 0.4) is 0 Å². The second-order valence-electron chi connectivity index (χ2n) is 5.51. The Bertz CT molecular complexity index is 457. The summed E-state index contributed by atoms with van der Waals surface area (Å²) in [7, 11) is 0. The van der Waals surface area contributed by atoms with Gasteiger partial charge in [0.2, 0.25) is 0 Å². The lowest BCUT2D eigenvalue weighted by molar-refractivity contribution is -0.133. The van der Waals surface area contributed by atoms with E-state index in [1.54, 1.807) is 4.90 Å². The van der Waals surface area contributed by atoms with Gasteiger partial charge in [0.15, 0.2) is 0 Å². The zero-order valence-corrected chi connectivity index (χ0v) is 12.9. The molecule has 118 valence electrons. The first-order valence-electron chi connectivity index (χ1n) is 7.37. The Morgan fingerprint density at radius 2 is 1.81 bits per heavy atom. The van der Waals surface area contributed by atoms with Crippen molar-refractivity contribution in [2.24, 2.45) is 5.92 Å². The first kappa shape index (κ1) is 17.2. The van der Waals surface area contributed by atoms with Gasteiger partial charge in [0, 0.05) is 24.2 Å². The number of urea groups is 1. The molecule has 21 heavy (non-hydrogen) atoms. The molecule has 0 aromatic rings. The Balaban J connectivity index is 2.62. The second-order valence-corrected chi connectivity index (χ2v) is 5.51. The van der Waals surface area contributed by atoms with Gasteiger partial charge in [-0.2, -0.15) is 0 Å². The van der Waals surface area contributed by atoms with Gasteiger partial charge < -0.3 is 10.0 Å². The minimum Gasteiger partial charge on any atom is -0.478 e. The number of likely N-dealkylation sites (tertiary alicyclic amines) is 1. The van der Waals surface area contributed by atoms with E-state index in [2.05, 4.69) is 12.2 Å². The highest BCUT2D eigenvalue weighted by atomic mass is 16.4. The first-order valence-corrected chi connectivity index (χ1v) is 7.37. The van der Waals surface area contributed by atoms with Crippen LogP contribution in [0.25, 0.3) is 0 Å². The molecular formula is C15H24N2O4. The average Bonchev–Trinajstić information content (AvgIpc) is 2.70. The lowest BCUT2D eigenvalue weighted by Gasteiger charge is -2.20. The summed E-state index contributed by atoms with van der Waals surface area (Å²) in [5, 5.41) is 11.1. The third-order valence-corrected chi connectivity index (χ3v) is 4.16. The molecule has 0 radical (unpaired) electrons. The molecule has 1 aliphatic heterocycles. The van der Waals surface area contributed by atoms with Crippen LogP contribution in [-0.4, -0.2) is 41.0 Å². The maximum absolute atomic E-state index is 12.1. The van der Waals surface area contributed by atoms with E-state index in [-0.39, 0.29) is 11.1 Å². The van der Waals surface area contributed by atoms with Crippen molar-refractivity contribution in [1.29, 1.82) is 0 Å². The van der Waals surface area contributed by atoms with Crippen molar-refractivity contribution in [3.05, 3.63) is 11.1 Å². The maximum atomic E-state index is 12.1. The molecule has 0 aromatic heterocycles. The molecule has 1 fully saturated rings. The molecule has 0 aliphatic carbocycles. The number of nitrogens with zero attached hydrogens (tertiary/aromatic N) is 1. The Morgan fingerprint density at radius 3 is 2.38 bits per heavy atom. The quantitative estimate of drug-likeness (QED) is 0.781. The van der Waals surface area contributed by atoms with Crippen molar-refractivity contribution < 1.29 is 19.5 Å². The summed E-state index contributed by atoms with van der Waals surface area (Å²) in [6.45, 7) is 6.17. The number of carboxylic acids is 1. The normalized spacial score (nSPS) is 20.3. The Morgan fingerprint density at radius 1 is 1.14 bits per heavy atom. The topological polar surface area (TPSA) is 86.7 Å². The maximum Gasteiger partial charge on any atom is 0.331 e. The van der Waals surface area contributed by atoms with Crippen LogP contribution in [-0.2, 0) is 9.59 Å². The van der Waals surface area contributed by atoms with Crippen LogP contribution in [0.1, 0.15) is 46.5 Å². The first-order chi connectivity index (χ1) is 9.86. The summed E-state index contributed by atoms with van der Waals surface area (Å²) < 4.78 is 0. The van der Waals surface area contributed by atoms with E-state index in [0.29, 0.717) is 19.0 Å². The van der Waals surface area contributed by atoms with Crippen LogP contribution >= 0.6 is 0 Å². The molecule has 2 N–H and O–H groups in total. The highest BCUT2D eigenvalue weighted by molar-refractivity contribution is 6.07. The summed E-state index contributed by atoms with van der Waals surface area (Å²) >= 11 is 0.